The fraction of sp³-hybridized carbons (Fsp3) is 0.571. The zero-order valence-electron chi connectivity index (χ0n) is 10.5. The summed E-state index contributed by atoms with van der Waals surface area (Å²) in [5, 5.41) is 22.7. The quantitative estimate of drug-likeness (QED) is 0.758. The molecule has 2 aliphatic rings. The van der Waals surface area contributed by atoms with Gasteiger partial charge in [-0.2, -0.15) is 0 Å². The van der Waals surface area contributed by atoms with Crippen LogP contribution in [0, 0.1) is 5.92 Å². The van der Waals surface area contributed by atoms with Gasteiger partial charge >= 0.3 is 0 Å². The Bertz CT molecular complexity index is 406. The topological polar surface area (TPSA) is 55.7 Å². The van der Waals surface area contributed by atoms with Crippen molar-refractivity contribution in [3.63, 3.8) is 0 Å². The number of phenols is 2. The van der Waals surface area contributed by atoms with Crippen LogP contribution in [0.4, 0.5) is 0 Å². The van der Waals surface area contributed by atoms with Gasteiger partial charge in [-0.25, -0.2) is 0 Å². The van der Waals surface area contributed by atoms with Gasteiger partial charge in [0.25, 0.3) is 0 Å². The number of hydrogen-bond donors (Lipinski definition) is 3. The Balaban J connectivity index is 1.88. The molecule has 1 aliphatic heterocycles. The molecular formula is C14H20N2O2. The van der Waals surface area contributed by atoms with Crippen LogP contribution >= 0.6 is 0 Å². The van der Waals surface area contributed by atoms with Crippen LogP contribution in [0.2, 0.25) is 0 Å². The van der Waals surface area contributed by atoms with E-state index in [1.54, 1.807) is 12.1 Å². The molecule has 4 heteroatoms. The molecule has 18 heavy (non-hydrogen) atoms. The number of nitrogens with one attached hydrogen (secondary N) is 1. The van der Waals surface area contributed by atoms with Gasteiger partial charge in [0.2, 0.25) is 0 Å². The summed E-state index contributed by atoms with van der Waals surface area (Å²) < 4.78 is 0. The number of phenolic OH excluding ortho intramolecular Hbond substituents is 2. The van der Waals surface area contributed by atoms with Gasteiger partial charge in [-0.05, 0) is 36.5 Å². The third kappa shape index (κ3) is 2.44. The van der Waals surface area contributed by atoms with Crippen molar-refractivity contribution < 1.29 is 10.2 Å². The lowest BCUT2D eigenvalue weighted by Gasteiger charge is -2.35. The van der Waals surface area contributed by atoms with Gasteiger partial charge in [0.15, 0.2) is 0 Å². The maximum Gasteiger partial charge on any atom is 0.119 e. The maximum absolute atomic E-state index is 9.65. The van der Waals surface area contributed by atoms with E-state index < -0.39 is 0 Å². The van der Waals surface area contributed by atoms with Crippen LogP contribution in [0.3, 0.4) is 0 Å². The van der Waals surface area contributed by atoms with Crippen LogP contribution in [0.1, 0.15) is 24.4 Å². The van der Waals surface area contributed by atoms with E-state index in [0.29, 0.717) is 12.0 Å². The number of nitrogens with zero attached hydrogens (tertiary/aromatic N) is 1. The molecule has 2 fully saturated rings. The summed E-state index contributed by atoms with van der Waals surface area (Å²) in [6.07, 6.45) is 2.51. The molecule has 0 spiro atoms. The first kappa shape index (κ1) is 11.8. The molecule has 1 heterocycles. The summed E-state index contributed by atoms with van der Waals surface area (Å²) in [6.45, 7) is 4.12. The average Bonchev–Trinajstić information content (AvgIpc) is 3.14. The molecule has 1 saturated carbocycles. The minimum absolute atomic E-state index is 0.158. The van der Waals surface area contributed by atoms with E-state index in [9.17, 15) is 10.2 Å². The highest BCUT2D eigenvalue weighted by molar-refractivity contribution is 5.38. The molecule has 3 rings (SSSR count). The monoisotopic (exact) mass is 248 g/mol. The molecule has 0 amide bonds. The lowest BCUT2D eigenvalue weighted by Crippen LogP contribution is -2.45. The van der Waals surface area contributed by atoms with Crippen molar-refractivity contribution in [3.05, 3.63) is 23.8 Å². The molecule has 0 bridgehead atoms. The molecule has 98 valence electrons. The van der Waals surface area contributed by atoms with Crippen LogP contribution < -0.4 is 5.32 Å². The zero-order valence-corrected chi connectivity index (χ0v) is 10.5. The summed E-state index contributed by atoms with van der Waals surface area (Å²) in [5.41, 5.74) is 1.05. The van der Waals surface area contributed by atoms with Crippen molar-refractivity contribution in [1.29, 1.82) is 0 Å². The summed E-state index contributed by atoms with van der Waals surface area (Å²) in [5.74, 6) is 1.00. The van der Waals surface area contributed by atoms with Crippen LogP contribution in [-0.2, 0) is 0 Å². The number of rotatable bonds is 3. The average molecular weight is 248 g/mol. The molecule has 1 aromatic carbocycles. The second kappa shape index (κ2) is 4.78. The number of piperazine rings is 1. The Labute approximate surface area is 107 Å². The van der Waals surface area contributed by atoms with E-state index in [0.717, 1.165) is 31.7 Å². The van der Waals surface area contributed by atoms with Gasteiger partial charge in [-0.1, -0.05) is 0 Å². The SMILES string of the molecule is Oc1cc(O)cc([C@@H](C2CC2)N2CCNCC2)c1. The molecule has 1 saturated heterocycles. The molecule has 0 radical (unpaired) electrons. The van der Waals surface area contributed by atoms with Gasteiger partial charge < -0.3 is 15.5 Å². The van der Waals surface area contributed by atoms with Crippen molar-refractivity contribution >= 4 is 0 Å². The first-order chi connectivity index (χ1) is 8.74. The van der Waals surface area contributed by atoms with Gasteiger partial charge in [-0.3, -0.25) is 4.90 Å². The van der Waals surface area contributed by atoms with Crippen molar-refractivity contribution in [2.45, 2.75) is 18.9 Å². The minimum Gasteiger partial charge on any atom is -0.508 e. The molecule has 1 aliphatic carbocycles. The molecule has 4 nitrogen and oxygen atoms in total. The second-order valence-electron chi connectivity index (χ2n) is 5.35. The Morgan fingerprint density at radius 1 is 1.06 bits per heavy atom. The zero-order chi connectivity index (χ0) is 12.5. The smallest absolute Gasteiger partial charge is 0.119 e. The van der Waals surface area contributed by atoms with E-state index >= 15 is 0 Å². The van der Waals surface area contributed by atoms with Crippen molar-refractivity contribution in [3.8, 4) is 11.5 Å². The predicted octanol–water partition coefficient (Wildman–Crippen LogP) is 1.45. The molecular weight excluding hydrogens is 228 g/mol. The van der Waals surface area contributed by atoms with E-state index in [-0.39, 0.29) is 11.5 Å². The lowest BCUT2D eigenvalue weighted by atomic mass is 9.99. The fourth-order valence-corrected chi connectivity index (χ4v) is 2.94. The summed E-state index contributed by atoms with van der Waals surface area (Å²) in [4.78, 5) is 2.47. The second-order valence-corrected chi connectivity index (χ2v) is 5.35. The van der Waals surface area contributed by atoms with Crippen molar-refractivity contribution in [2.75, 3.05) is 26.2 Å². The lowest BCUT2D eigenvalue weighted by molar-refractivity contribution is 0.156. The van der Waals surface area contributed by atoms with Crippen LogP contribution in [0.5, 0.6) is 11.5 Å². The Hall–Kier alpha value is -1.26. The highest BCUT2D eigenvalue weighted by Gasteiger charge is 2.37. The summed E-state index contributed by atoms with van der Waals surface area (Å²) in [7, 11) is 0. The Morgan fingerprint density at radius 3 is 2.22 bits per heavy atom. The normalized spacial score (nSPS) is 22.9. The largest absolute Gasteiger partial charge is 0.508 e. The van der Waals surface area contributed by atoms with Crippen molar-refractivity contribution in [2.24, 2.45) is 5.92 Å². The third-order valence-electron chi connectivity index (χ3n) is 3.88. The highest BCUT2D eigenvalue weighted by Crippen LogP contribution is 2.45. The van der Waals surface area contributed by atoms with E-state index in [1.807, 2.05) is 0 Å². The number of hydrogen-bond acceptors (Lipinski definition) is 4. The van der Waals surface area contributed by atoms with Crippen LogP contribution in [-0.4, -0.2) is 41.3 Å². The minimum atomic E-state index is 0.158. The Kier molecular flexibility index (Phi) is 3.14. The molecule has 0 aromatic heterocycles. The Morgan fingerprint density at radius 2 is 1.67 bits per heavy atom. The van der Waals surface area contributed by atoms with Crippen molar-refractivity contribution in [1.82, 2.24) is 10.2 Å². The third-order valence-corrected chi connectivity index (χ3v) is 3.88. The van der Waals surface area contributed by atoms with Gasteiger partial charge in [0.05, 0.1) is 0 Å². The van der Waals surface area contributed by atoms with E-state index in [2.05, 4.69) is 10.2 Å². The summed E-state index contributed by atoms with van der Waals surface area (Å²) >= 11 is 0. The maximum atomic E-state index is 9.65. The highest BCUT2D eigenvalue weighted by atomic mass is 16.3. The molecule has 0 unspecified atom stereocenters. The van der Waals surface area contributed by atoms with E-state index in [1.165, 1.54) is 18.9 Å². The predicted molar refractivity (Wildman–Crippen MR) is 69.7 cm³/mol. The first-order valence-electron chi connectivity index (χ1n) is 6.72. The fourth-order valence-electron chi connectivity index (χ4n) is 2.94. The van der Waals surface area contributed by atoms with Gasteiger partial charge in [0, 0.05) is 38.3 Å². The van der Waals surface area contributed by atoms with Crippen LogP contribution in [0.25, 0.3) is 0 Å². The molecule has 1 atom stereocenters. The molecule has 1 aromatic rings. The van der Waals surface area contributed by atoms with E-state index in [4.69, 9.17) is 0 Å². The molecule has 3 N–H and O–H groups in total. The number of benzene rings is 1. The standard InChI is InChI=1S/C14H20N2O2/c17-12-7-11(8-13(18)9-12)14(10-1-2-10)16-5-3-15-4-6-16/h7-10,14-15,17-18H,1-6H2/t14-/m1/s1. The van der Waals surface area contributed by atoms with Gasteiger partial charge in [-0.15, -0.1) is 0 Å². The first-order valence-corrected chi connectivity index (χ1v) is 6.72. The van der Waals surface area contributed by atoms with Gasteiger partial charge in [0.1, 0.15) is 11.5 Å². The van der Waals surface area contributed by atoms with Crippen LogP contribution in [0.15, 0.2) is 18.2 Å². The number of aromatic hydroxyl groups is 2. The summed E-state index contributed by atoms with van der Waals surface area (Å²) in [6, 6.07) is 5.34.